The van der Waals surface area contributed by atoms with Gasteiger partial charge in [0.15, 0.2) is 5.69 Å². The molecule has 0 radical (unpaired) electrons. The predicted octanol–water partition coefficient (Wildman–Crippen LogP) is 3.48. The molecule has 0 spiro atoms. The van der Waals surface area contributed by atoms with Crippen LogP contribution in [0, 0.1) is 12.7 Å². The summed E-state index contributed by atoms with van der Waals surface area (Å²) in [4.78, 5) is 15.0. The van der Waals surface area contributed by atoms with Crippen molar-refractivity contribution < 1.29 is 13.6 Å². The third-order valence-corrected chi connectivity index (χ3v) is 5.11. The van der Waals surface area contributed by atoms with Gasteiger partial charge < -0.3 is 9.73 Å². The summed E-state index contributed by atoms with van der Waals surface area (Å²) >= 11 is 0. The Hall–Kier alpha value is -2.93. The lowest BCUT2D eigenvalue weighted by molar-refractivity contribution is 0.0928. The Morgan fingerprint density at radius 2 is 2.04 bits per heavy atom. The highest BCUT2D eigenvalue weighted by Crippen LogP contribution is 2.25. The number of aryl methyl sites for hydroxylation is 1. The molecule has 4 rings (SSSR count). The fraction of sp³-hybridized carbons (Fsp3) is 0.333. The molecule has 7 heteroatoms. The molecule has 28 heavy (non-hydrogen) atoms. The molecule has 0 aliphatic carbocycles. The van der Waals surface area contributed by atoms with Gasteiger partial charge in [-0.3, -0.25) is 9.69 Å². The van der Waals surface area contributed by atoms with Crippen LogP contribution in [0.1, 0.15) is 40.8 Å². The van der Waals surface area contributed by atoms with Crippen molar-refractivity contribution >= 4 is 5.91 Å². The second-order valence-corrected chi connectivity index (χ2v) is 7.02. The van der Waals surface area contributed by atoms with Crippen molar-refractivity contribution in [1.29, 1.82) is 0 Å². The standard InChI is InChI=1S/C21H23FN4O2/c1-15-13-17(24-26(15)18-8-3-2-7-16(18)22)21(27)23-14-19(20-9-6-12-28-20)25-10-4-5-11-25/h2-3,6-9,12-13,19H,4-5,10-11,14H2,1H3,(H,23,27). The summed E-state index contributed by atoms with van der Waals surface area (Å²) in [5, 5.41) is 7.27. The number of likely N-dealkylation sites (tertiary alicyclic amines) is 1. The lowest BCUT2D eigenvalue weighted by atomic mass is 10.2. The number of aromatic nitrogens is 2. The lowest BCUT2D eigenvalue weighted by Gasteiger charge is -2.25. The van der Waals surface area contributed by atoms with Gasteiger partial charge in [0.25, 0.3) is 5.91 Å². The highest BCUT2D eigenvalue weighted by atomic mass is 19.1. The lowest BCUT2D eigenvalue weighted by Crippen LogP contribution is -2.36. The average molecular weight is 382 g/mol. The molecular formula is C21H23FN4O2. The van der Waals surface area contributed by atoms with Crippen LogP contribution in [0.2, 0.25) is 0 Å². The van der Waals surface area contributed by atoms with Crippen molar-refractivity contribution in [3.63, 3.8) is 0 Å². The molecule has 6 nitrogen and oxygen atoms in total. The van der Waals surface area contributed by atoms with E-state index in [4.69, 9.17) is 4.42 Å². The zero-order valence-corrected chi connectivity index (χ0v) is 15.8. The molecule has 1 aliphatic heterocycles. The fourth-order valence-electron chi connectivity index (χ4n) is 3.68. The van der Waals surface area contributed by atoms with Crippen LogP contribution < -0.4 is 5.32 Å². The van der Waals surface area contributed by atoms with Crippen LogP contribution in [0.25, 0.3) is 5.69 Å². The van der Waals surface area contributed by atoms with Gasteiger partial charge in [0.2, 0.25) is 0 Å². The van der Waals surface area contributed by atoms with E-state index in [-0.39, 0.29) is 23.5 Å². The van der Waals surface area contributed by atoms with Gasteiger partial charge in [-0.1, -0.05) is 12.1 Å². The average Bonchev–Trinajstić information content (AvgIpc) is 3.45. The molecule has 0 bridgehead atoms. The van der Waals surface area contributed by atoms with Crippen LogP contribution in [-0.4, -0.2) is 40.2 Å². The first-order valence-electron chi connectivity index (χ1n) is 9.50. The van der Waals surface area contributed by atoms with Crippen molar-refractivity contribution in [2.24, 2.45) is 0 Å². The van der Waals surface area contributed by atoms with Crippen LogP contribution in [-0.2, 0) is 0 Å². The smallest absolute Gasteiger partial charge is 0.271 e. The topological polar surface area (TPSA) is 63.3 Å². The number of rotatable bonds is 6. The van der Waals surface area contributed by atoms with Crippen LogP contribution in [0.15, 0.2) is 53.1 Å². The molecule has 1 atom stereocenters. The van der Waals surface area contributed by atoms with Gasteiger partial charge in [-0.05, 0) is 63.2 Å². The van der Waals surface area contributed by atoms with E-state index in [1.54, 1.807) is 37.5 Å². The maximum Gasteiger partial charge on any atom is 0.271 e. The second kappa shape index (κ2) is 7.98. The Kier molecular flexibility index (Phi) is 5.25. The highest BCUT2D eigenvalue weighted by molar-refractivity contribution is 5.92. The molecule has 0 saturated carbocycles. The molecule has 1 aliphatic rings. The Bertz CT molecular complexity index is 945. The maximum absolute atomic E-state index is 14.1. The first-order chi connectivity index (χ1) is 13.6. The zero-order chi connectivity index (χ0) is 19.5. The second-order valence-electron chi connectivity index (χ2n) is 7.02. The van der Waals surface area contributed by atoms with Gasteiger partial charge >= 0.3 is 0 Å². The summed E-state index contributed by atoms with van der Waals surface area (Å²) in [7, 11) is 0. The van der Waals surface area contributed by atoms with E-state index in [1.165, 1.54) is 10.7 Å². The van der Waals surface area contributed by atoms with Gasteiger partial charge in [0, 0.05) is 12.2 Å². The molecule has 1 amide bonds. The molecule has 2 aromatic heterocycles. The largest absolute Gasteiger partial charge is 0.468 e. The Morgan fingerprint density at radius 3 is 2.75 bits per heavy atom. The number of benzene rings is 1. The number of nitrogens with zero attached hydrogens (tertiary/aromatic N) is 3. The van der Waals surface area contributed by atoms with E-state index in [2.05, 4.69) is 15.3 Å². The monoisotopic (exact) mass is 382 g/mol. The van der Waals surface area contributed by atoms with Gasteiger partial charge in [0.05, 0.1) is 12.3 Å². The van der Waals surface area contributed by atoms with Gasteiger partial charge in [0.1, 0.15) is 17.3 Å². The van der Waals surface area contributed by atoms with E-state index in [0.717, 1.165) is 31.7 Å². The SMILES string of the molecule is Cc1cc(C(=O)NCC(c2ccco2)N2CCCC2)nn1-c1ccccc1F. The van der Waals surface area contributed by atoms with Crippen LogP contribution in [0.5, 0.6) is 0 Å². The minimum atomic E-state index is -0.382. The van der Waals surface area contributed by atoms with Gasteiger partial charge in [-0.15, -0.1) is 0 Å². The minimum absolute atomic E-state index is 0.00352. The number of carbonyl (C=O) groups is 1. The maximum atomic E-state index is 14.1. The number of carbonyl (C=O) groups excluding carboxylic acids is 1. The van der Waals surface area contributed by atoms with E-state index < -0.39 is 0 Å². The van der Waals surface area contributed by atoms with Crippen molar-refractivity contribution in [1.82, 2.24) is 20.0 Å². The predicted molar refractivity (Wildman–Crippen MR) is 103 cm³/mol. The van der Waals surface area contributed by atoms with Crippen LogP contribution in [0.4, 0.5) is 4.39 Å². The number of halogens is 1. The van der Waals surface area contributed by atoms with Crippen LogP contribution in [0.3, 0.4) is 0 Å². The highest BCUT2D eigenvalue weighted by Gasteiger charge is 2.26. The molecule has 3 heterocycles. The van der Waals surface area contributed by atoms with Crippen LogP contribution >= 0.6 is 0 Å². The van der Waals surface area contributed by atoms with Crippen molar-refractivity contribution in [3.8, 4) is 5.69 Å². The fourth-order valence-corrected chi connectivity index (χ4v) is 3.68. The van der Waals surface area contributed by atoms with E-state index in [0.29, 0.717) is 17.9 Å². The number of nitrogens with one attached hydrogen (secondary N) is 1. The minimum Gasteiger partial charge on any atom is -0.468 e. The summed E-state index contributed by atoms with van der Waals surface area (Å²) in [6.07, 6.45) is 3.95. The summed E-state index contributed by atoms with van der Waals surface area (Å²) in [6.45, 7) is 4.20. The summed E-state index contributed by atoms with van der Waals surface area (Å²) in [5.74, 6) is 0.178. The summed E-state index contributed by atoms with van der Waals surface area (Å²) in [5.41, 5.74) is 1.28. The molecule has 1 fully saturated rings. The zero-order valence-electron chi connectivity index (χ0n) is 15.8. The Labute approximate surface area is 162 Å². The Morgan fingerprint density at radius 1 is 1.25 bits per heavy atom. The first kappa shape index (κ1) is 18.4. The van der Waals surface area contributed by atoms with Gasteiger partial charge in [-0.2, -0.15) is 5.10 Å². The Balaban J connectivity index is 1.49. The third-order valence-electron chi connectivity index (χ3n) is 5.11. The van der Waals surface area contributed by atoms with Crippen molar-refractivity contribution in [2.75, 3.05) is 19.6 Å². The number of hydrogen-bond acceptors (Lipinski definition) is 4. The summed E-state index contributed by atoms with van der Waals surface area (Å²) < 4.78 is 21.1. The third kappa shape index (κ3) is 3.71. The molecule has 1 unspecified atom stereocenters. The molecule has 3 aromatic rings. The summed E-state index contributed by atoms with van der Waals surface area (Å²) in [6, 6.07) is 11.8. The van der Waals surface area contributed by atoms with Crippen molar-refractivity contribution in [3.05, 3.63) is 71.7 Å². The van der Waals surface area contributed by atoms with Gasteiger partial charge in [-0.25, -0.2) is 9.07 Å². The molecule has 1 aromatic carbocycles. The molecule has 1 saturated heterocycles. The van der Waals surface area contributed by atoms with E-state index >= 15 is 0 Å². The van der Waals surface area contributed by atoms with Crippen molar-refractivity contribution in [2.45, 2.75) is 25.8 Å². The number of amides is 1. The quantitative estimate of drug-likeness (QED) is 0.709. The van der Waals surface area contributed by atoms with E-state index in [9.17, 15) is 9.18 Å². The first-order valence-corrected chi connectivity index (χ1v) is 9.50. The number of para-hydroxylation sites is 1. The van der Waals surface area contributed by atoms with E-state index in [1.807, 2.05) is 12.1 Å². The molecule has 1 N–H and O–H groups in total. The number of hydrogen-bond donors (Lipinski definition) is 1. The normalized spacial score (nSPS) is 15.6. The number of furan rings is 1. The molecular weight excluding hydrogens is 359 g/mol. The molecule has 146 valence electrons.